The molecule has 2 heterocycles. The van der Waals surface area contributed by atoms with Gasteiger partial charge in [-0.1, -0.05) is 37.3 Å². The molecule has 0 radical (unpaired) electrons. The molecule has 4 rings (SSSR count). The van der Waals surface area contributed by atoms with E-state index in [0.717, 1.165) is 33.7 Å². The lowest BCUT2D eigenvalue weighted by Gasteiger charge is -1.96. The van der Waals surface area contributed by atoms with E-state index in [1.54, 1.807) is 11.3 Å². The molecule has 0 amide bonds. The Kier molecular flexibility index (Phi) is 2.60. The summed E-state index contributed by atoms with van der Waals surface area (Å²) in [5.74, 6) is 0.863. The predicted octanol–water partition coefficient (Wildman–Crippen LogP) is 5.27. The van der Waals surface area contributed by atoms with Crippen molar-refractivity contribution in [3.05, 3.63) is 54.1 Å². The van der Waals surface area contributed by atoms with Crippen molar-refractivity contribution < 1.29 is 4.42 Å². The van der Waals surface area contributed by atoms with Gasteiger partial charge < -0.3 is 4.42 Å². The molecule has 0 unspecified atom stereocenters. The molecule has 0 atom stereocenters. The molecule has 2 aromatic heterocycles. The van der Waals surface area contributed by atoms with Gasteiger partial charge in [0.15, 0.2) is 10.8 Å². The van der Waals surface area contributed by atoms with Crippen molar-refractivity contribution in [1.82, 2.24) is 4.98 Å². The van der Waals surface area contributed by atoms with Gasteiger partial charge in [-0.05, 0) is 30.2 Å². The van der Waals surface area contributed by atoms with Crippen molar-refractivity contribution in [3.63, 3.8) is 0 Å². The van der Waals surface area contributed by atoms with E-state index in [1.165, 1.54) is 10.3 Å². The highest BCUT2D eigenvalue weighted by atomic mass is 32.1. The average Bonchev–Trinajstić information content (AvgIpc) is 3.09. The first kappa shape index (κ1) is 11.7. The Morgan fingerprint density at radius 1 is 1.10 bits per heavy atom. The van der Waals surface area contributed by atoms with E-state index in [1.807, 2.05) is 18.2 Å². The maximum atomic E-state index is 6.05. The molecule has 2 aromatic carbocycles. The zero-order valence-corrected chi connectivity index (χ0v) is 11.9. The van der Waals surface area contributed by atoms with Crippen LogP contribution >= 0.6 is 11.3 Å². The lowest BCUT2D eigenvalue weighted by Crippen LogP contribution is -1.78. The Morgan fingerprint density at radius 2 is 2.00 bits per heavy atom. The molecule has 0 aliphatic rings. The third kappa shape index (κ3) is 1.74. The third-order valence-corrected chi connectivity index (χ3v) is 4.56. The summed E-state index contributed by atoms with van der Waals surface area (Å²) in [7, 11) is 0. The van der Waals surface area contributed by atoms with E-state index in [9.17, 15) is 0 Å². The molecular weight excluding hydrogens is 266 g/mol. The van der Waals surface area contributed by atoms with Crippen LogP contribution in [-0.4, -0.2) is 4.98 Å². The van der Waals surface area contributed by atoms with Gasteiger partial charge in [0.25, 0.3) is 0 Å². The summed E-state index contributed by atoms with van der Waals surface area (Å²) in [5, 5.41) is 2.10. The summed E-state index contributed by atoms with van der Waals surface area (Å²) in [6.07, 6.45) is 0.976. The second-order valence-corrected chi connectivity index (χ2v) is 5.82. The number of aryl methyl sites for hydroxylation is 1. The SMILES string of the molecule is CCc1cccc2cc(-c3nc4ccccc4s3)oc12. The summed E-state index contributed by atoms with van der Waals surface area (Å²) in [5.41, 5.74) is 3.27. The summed E-state index contributed by atoms with van der Waals surface area (Å²) in [6, 6.07) is 16.6. The van der Waals surface area contributed by atoms with E-state index in [-0.39, 0.29) is 0 Å². The zero-order chi connectivity index (χ0) is 13.5. The smallest absolute Gasteiger partial charge is 0.164 e. The Hall–Kier alpha value is -2.13. The Balaban J connectivity index is 1.93. The standard InChI is InChI=1S/C17H13NOS/c1-2-11-6-5-7-12-10-14(19-16(11)12)17-18-13-8-3-4-9-15(13)20-17/h3-10H,2H2,1H3. The number of furan rings is 1. The van der Waals surface area contributed by atoms with Crippen molar-refractivity contribution in [2.24, 2.45) is 0 Å². The molecular formula is C17H13NOS. The number of hydrogen-bond acceptors (Lipinski definition) is 3. The van der Waals surface area contributed by atoms with Gasteiger partial charge in [-0.15, -0.1) is 11.3 Å². The van der Waals surface area contributed by atoms with E-state index < -0.39 is 0 Å². The fourth-order valence-electron chi connectivity index (χ4n) is 2.48. The van der Waals surface area contributed by atoms with Gasteiger partial charge in [-0.25, -0.2) is 4.98 Å². The highest BCUT2D eigenvalue weighted by Gasteiger charge is 2.12. The summed E-state index contributed by atoms with van der Waals surface area (Å²) in [4.78, 5) is 4.66. The summed E-state index contributed by atoms with van der Waals surface area (Å²) >= 11 is 1.67. The van der Waals surface area contributed by atoms with Crippen LogP contribution in [-0.2, 0) is 6.42 Å². The van der Waals surface area contributed by atoms with Crippen LogP contribution in [0.15, 0.2) is 52.9 Å². The first-order valence-corrected chi connectivity index (χ1v) is 7.54. The van der Waals surface area contributed by atoms with Gasteiger partial charge in [0.05, 0.1) is 10.2 Å². The van der Waals surface area contributed by atoms with E-state index in [2.05, 4.69) is 42.2 Å². The number of hydrogen-bond donors (Lipinski definition) is 0. The Bertz CT molecular complexity index is 871. The fraction of sp³-hybridized carbons (Fsp3) is 0.118. The van der Waals surface area contributed by atoms with Crippen LogP contribution in [0.25, 0.3) is 32.0 Å². The molecule has 0 aliphatic heterocycles. The molecule has 0 spiro atoms. The van der Waals surface area contributed by atoms with Crippen LogP contribution in [0.1, 0.15) is 12.5 Å². The van der Waals surface area contributed by atoms with Crippen molar-refractivity contribution >= 4 is 32.5 Å². The van der Waals surface area contributed by atoms with E-state index in [0.29, 0.717) is 0 Å². The van der Waals surface area contributed by atoms with Crippen LogP contribution in [0.5, 0.6) is 0 Å². The van der Waals surface area contributed by atoms with Crippen molar-refractivity contribution in [2.75, 3.05) is 0 Å². The summed E-state index contributed by atoms with van der Waals surface area (Å²) in [6.45, 7) is 2.15. The molecule has 0 N–H and O–H groups in total. The molecule has 2 nitrogen and oxygen atoms in total. The quantitative estimate of drug-likeness (QED) is 0.499. The highest BCUT2D eigenvalue weighted by Crippen LogP contribution is 2.34. The molecule has 0 bridgehead atoms. The minimum Gasteiger partial charge on any atom is -0.453 e. The largest absolute Gasteiger partial charge is 0.453 e. The molecule has 98 valence electrons. The number of thiazole rings is 1. The monoisotopic (exact) mass is 279 g/mol. The lowest BCUT2D eigenvalue weighted by molar-refractivity contribution is 0.626. The van der Waals surface area contributed by atoms with Crippen molar-refractivity contribution in [3.8, 4) is 10.8 Å². The topological polar surface area (TPSA) is 26.0 Å². The van der Waals surface area contributed by atoms with Gasteiger partial charge in [-0.2, -0.15) is 0 Å². The molecule has 0 saturated carbocycles. The van der Waals surface area contributed by atoms with Crippen LogP contribution < -0.4 is 0 Å². The second-order valence-electron chi connectivity index (χ2n) is 4.79. The minimum absolute atomic E-state index is 0.863. The predicted molar refractivity (Wildman–Crippen MR) is 84.2 cm³/mol. The third-order valence-electron chi connectivity index (χ3n) is 3.51. The van der Waals surface area contributed by atoms with Crippen molar-refractivity contribution in [2.45, 2.75) is 13.3 Å². The zero-order valence-electron chi connectivity index (χ0n) is 11.1. The van der Waals surface area contributed by atoms with Gasteiger partial charge >= 0.3 is 0 Å². The van der Waals surface area contributed by atoms with Gasteiger partial charge in [0.1, 0.15) is 5.58 Å². The highest BCUT2D eigenvalue weighted by molar-refractivity contribution is 7.21. The molecule has 4 aromatic rings. The molecule has 20 heavy (non-hydrogen) atoms. The lowest BCUT2D eigenvalue weighted by atomic mass is 10.1. The maximum absolute atomic E-state index is 6.05. The number of fused-ring (bicyclic) bond motifs is 2. The number of aromatic nitrogens is 1. The summed E-state index contributed by atoms with van der Waals surface area (Å²) < 4.78 is 7.25. The second kappa shape index (κ2) is 4.46. The molecule has 3 heteroatoms. The first-order chi connectivity index (χ1) is 9.85. The van der Waals surface area contributed by atoms with Crippen LogP contribution in [0.3, 0.4) is 0 Å². The van der Waals surface area contributed by atoms with E-state index >= 15 is 0 Å². The first-order valence-electron chi connectivity index (χ1n) is 6.72. The Morgan fingerprint density at radius 3 is 2.85 bits per heavy atom. The molecule has 0 saturated heterocycles. The number of rotatable bonds is 2. The number of benzene rings is 2. The Labute approximate surface area is 120 Å². The van der Waals surface area contributed by atoms with Gasteiger partial charge in [0, 0.05) is 5.39 Å². The maximum Gasteiger partial charge on any atom is 0.164 e. The van der Waals surface area contributed by atoms with Crippen LogP contribution in [0.2, 0.25) is 0 Å². The molecule has 0 aliphatic carbocycles. The van der Waals surface area contributed by atoms with Crippen LogP contribution in [0.4, 0.5) is 0 Å². The van der Waals surface area contributed by atoms with E-state index in [4.69, 9.17) is 4.42 Å². The molecule has 0 fully saturated rings. The average molecular weight is 279 g/mol. The van der Waals surface area contributed by atoms with Crippen LogP contribution in [0, 0.1) is 0 Å². The van der Waals surface area contributed by atoms with Crippen molar-refractivity contribution in [1.29, 1.82) is 0 Å². The minimum atomic E-state index is 0.863. The number of para-hydroxylation sites is 2. The van der Waals surface area contributed by atoms with Gasteiger partial charge in [-0.3, -0.25) is 0 Å². The van der Waals surface area contributed by atoms with Gasteiger partial charge in [0.2, 0.25) is 0 Å². The normalized spacial score (nSPS) is 11.4. The number of nitrogens with zero attached hydrogens (tertiary/aromatic N) is 1. The fourth-order valence-corrected chi connectivity index (χ4v) is 3.40.